The maximum Gasteiger partial charge on any atom is 0.256 e. The van der Waals surface area contributed by atoms with Gasteiger partial charge in [-0.15, -0.1) is 0 Å². The summed E-state index contributed by atoms with van der Waals surface area (Å²) in [6.07, 6.45) is 14.8. The highest BCUT2D eigenvalue weighted by Gasteiger charge is 2.51. The number of piperazine rings is 1. The molecule has 6 fully saturated rings. The molecule has 2 N–H and O–H groups in total. The van der Waals surface area contributed by atoms with E-state index in [4.69, 9.17) is 4.74 Å². The van der Waals surface area contributed by atoms with Gasteiger partial charge in [-0.25, -0.2) is 9.82 Å². The van der Waals surface area contributed by atoms with Crippen molar-refractivity contribution in [3.05, 3.63) is 70.5 Å². The molecule has 0 unspecified atom stereocenters. The van der Waals surface area contributed by atoms with Crippen LogP contribution >= 0.6 is 0 Å². The van der Waals surface area contributed by atoms with Gasteiger partial charge in [0.05, 0.1) is 35.6 Å². The molecule has 8 rings (SSSR count). The Morgan fingerprint density at radius 1 is 0.875 bits per heavy atom. The molecular formula is C44H59FN6O5. The quantitative estimate of drug-likeness (QED) is 0.160. The van der Waals surface area contributed by atoms with Crippen LogP contribution in [0, 0.1) is 24.6 Å². The summed E-state index contributed by atoms with van der Waals surface area (Å²) in [4.78, 5) is 56.6. The Morgan fingerprint density at radius 2 is 1.59 bits per heavy atom. The van der Waals surface area contributed by atoms with Gasteiger partial charge in [-0.2, -0.15) is 5.10 Å². The van der Waals surface area contributed by atoms with Crippen molar-refractivity contribution >= 4 is 29.8 Å². The Morgan fingerprint density at radius 3 is 2.27 bits per heavy atom. The smallest absolute Gasteiger partial charge is 0.256 e. The van der Waals surface area contributed by atoms with Crippen molar-refractivity contribution < 1.29 is 28.3 Å². The molecule has 11 nitrogen and oxygen atoms in total. The topological polar surface area (TPSA) is 124 Å². The van der Waals surface area contributed by atoms with E-state index in [1.54, 1.807) is 17.0 Å². The van der Waals surface area contributed by atoms with Crippen LogP contribution in [-0.4, -0.2) is 108 Å². The van der Waals surface area contributed by atoms with Crippen molar-refractivity contribution in [1.29, 1.82) is 0 Å². The molecule has 302 valence electrons. The van der Waals surface area contributed by atoms with Crippen LogP contribution in [0.4, 0.5) is 4.39 Å². The maximum absolute atomic E-state index is 15.1. The number of fused-ring (bicyclic) bond motifs is 3. The number of piperidine rings is 1. The average molecular weight is 771 g/mol. The summed E-state index contributed by atoms with van der Waals surface area (Å²) < 4.78 is 21.7. The number of nitrogens with one attached hydrogen (secondary N) is 2. The zero-order valence-corrected chi connectivity index (χ0v) is 33.0. The molecule has 0 radical (unpaired) electrons. The van der Waals surface area contributed by atoms with Crippen molar-refractivity contribution in [3.8, 4) is 0 Å². The normalized spacial score (nSPS) is 25.2. The van der Waals surface area contributed by atoms with E-state index in [-0.39, 0.29) is 28.5 Å². The minimum atomic E-state index is -0.596. The van der Waals surface area contributed by atoms with Gasteiger partial charge in [-0.1, -0.05) is 49.6 Å². The summed E-state index contributed by atoms with van der Waals surface area (Å²) in [5, 5.41) is 7.65. The zero-order valence-electron chi connectivity index (χ0n) is 33.0. The van der Waals surface area contributed by atoms with Gasteiger partial charge in [0, 0.05) is 44.6 Å². The molecule has 4 heterocycles. The van der Waals surface area contributed by atoms with E-state index in [1.165, 1.54) is 38.2 Å². The third-order valence-electron chi connectivity index (χ3n) is 13.4. The molecule has 12 heteroatoms. The number of hydrazone groups is 1. The fourth-order valence-electron chi connectivity index (χ4n) is 9.92. The maximum atomic E-state index is 15.1. The number of ether oxygens (including phenoxy) is 1. The lowest BCUT2D eigenvalue weighted by atomic mass is 9.67. The van der Waals surface area contributed by atoms with E-state index in [0.29, 0.717) is 81.7 Å². The first-order valence-corrected chi connectivity index (χ1v) is 21.0. The second-order valence-electron chi connectivity index (χ2n) is 17.2. The van der Waals surface area contributed by atoms with Crippen LogP contribution in [0.15, 0.2) is 47.6 Å². The lowest BCUT2D eigenvalue weighted by molar-refractivity contribution is -0.176. The summed E-state index contributed by atoms with van der Waals surface area (Å²) in [6.45, 7) is 6.19. The van der Waals surface area contributed by atoms with Crippen LogP contribution < -0.4 is 10.7 Å². The molecule has 0 spiro atoms. The van der Waals surface area contributed by atoms with E-state index < -0.39 is 11.7 Å². The van der Waals surface area contributed by atoms with Crippen LogP contribution in [0.1, 0.15) is 111 Å². The second-order valence-corrected chi connectivity index (χ2v) is 17.2. The molecule has 6 aliphatic rings. The molecule has 4 aliphatic heterocycles. The van der Waals surface area contributed by atoms with E-state index in [1.807, 2.05) is 36.1 Å². The van der Waals surface area contributed by atoms with Gasteiger partial charge in [0.25, 0.3) is 5.91 Å². The lowest BCUT2D eigenvalue weighted by Crippen LogP contribution is -2.63. The largest absolute Gasteiger partial charge is 0.373 e. The van der Waals surface area contributed by atoms with Crippen molar-refractivity contribution in [1.82, 2.24) is 25.4 Å². The van der Waals surface area contributed by atoms with Crippen molar-refractivity contribution in [2.24, 2.45) is 16.9 Å². The standard InChI is InChI=1S/C44H59FN6O5/c1-32-7-5-6-10-36(32)39(48-46-31-52)26-35-11-12-38(45)37(25-35)42(55)51-23-21-50(22-24-51)41(54)29-49-19-13-34(14-20-49)28-44-17-15-43(16-18-44,30-56-44)47-40(53)27-33-8-3-2-4-9-33/h5-7,10-12,25,31,33-34H,2-4,8-9,13-24,26-30H2,1H3,(H,46,52)(H,47,53)/b48-39-. The molecule has 2 saturated carbocycles. The van der Waals surface area contributed by atoms with Gasteiger partial charge in [0.15, 0.2) is 0 Å². The minimum absolute atomic E-state index is 0.0139. The molecular weight excluding hydrogens is 712 g/mol. The number of carbonyl (C=O) groups excluding carboxylic acids is 4. The first-order valence-electron chi connectivity index (χ1n) is 21.0. The molecule has 4 amide bonds. The highest BCUT2D eigenvalue weighted by atomic mass is 19.1. The van der Waals surface area contributed by atoms with Gasteiger partial charge in [0.2, 0.25) is 18.2 Å². The number of amides is 4. The van der Waals surface area contributed by atoms with E-state index >= 15 is 4.39 Å². The molecule has 2 aromatic rings. The van der Waals surface area contributed by atoms with Gasteiger partial charge < -0.3 is 19.9 Å². The Bertz CT molecular complexity index is 1740. The Hall–Kier alpha value is -4.16. The number of halogens is 1. The Kier molecular flexibility index (Phi) is 12.8. The molecule has 2 aromatic carbocycles. The monoisotopic (exact) mass is 770 g/mol. The van der Waals surface area contributed by atoms with Crippen LogP contribution in [0.2, 0.25) is 0 Å². The molecule has 56 heavy (non-hydrogen) atoms. The van der Waals surface area contributed by atoms with Crippen molar-refractivity contribution in [2.75, 3.05) is 52.4 Å². The summed E-state index contributed by atoms with van der Waals surface area (Å²) in [6, 6.07) is 12.2. The zero-order chi connectivity index (χ0) is 39.1. The van der Waals surface area contributed by atoms with Crippen LogP contribution in [0.3, 0.4) is 0 Å². The molecule has 4 saturated heterocycles. The number of hydrogen-bond acceptors (Lipinski definition) is 7. The lowest BCUT2D eigenvalue weighted by Gasteiger charge is -2.54. The first kappa shape index (κ1) is 40.1. The minimum Gasteiger partial charge on any atom is -0.373 e. The second kappa shape index (κ2) is 18.0. The number of benzene rings is 2. The van der Waals surface area contributed by atoms with Crippen LogP contribution in [0.5, 0.6) is 0 Å². The number of rotatable bonds is 13. The molecule has 2 bridgehead atoms. The number of aryl methyl sites for hydroxylation is 1. The van der Waals surface area contributed by atoms with E-state index in [0.717, 1.165) is 69.2 Å². The van der Waals surface area contributed by atoms with Crippen molar-refractivity contribution in [2.45, 2.75) is 108 Å². The molecule has 0 aromatic heterocycles. The van der Waals surface area contributed by atoms with Gasteiger partial charge in [-0.05, 0) is 113 Å². The summed E-state index contributed by atoms with van der Waals surface area (Å²) in [7, 11) is 0. The third kappa shape index (κ3) is 9.68. The summed E-state index contributed by atoms with van der Waals surface area (Å²) >= 11 is 0. The Balaban J connectivity index is 0.837. The summed E-state index contributed by atoms with van der Waals surface area (Å²) in [5.41, 5.74) is 5.23. The predicted octanol–water partition coefficient (Wildman–Crippen LogP) is 5.38. The van der Waals surface area contributed by atoms with Gasteiger partial charge in [0.1, 0.15) is 5.82 Å². The SMILES string of the molecule is Cc1ccccc1/C(Cc1ccc(F)c(C(=O)N2CCN(C(=O)CN3CCC(CC45CCC(NC(=O)CC6CCCCC6)(CC4)CO5)CC3)CC2)c1)=N\NC=O. The molecule has 2 aliphatic carbocycles. The number of hydrogen-bond donors (Lipinski definition) is 2. The third-order valence-corrected chi connectivity index (χ3v) is 13.4. The first-order chi connectivity index (χ1) is 27.1. The molecule has 0 atom stereocenters. The Labute approximate surface area is 330 Å². The van der Waals surface area contributed by atoms with E-state index in [2.05, 4.69) is 20.7 Å². The predicted molar refractivity (Wildman–Crippen MR) is 213 cm³/mol. The van der Waals surface area contributed by atoms with E-state index in [9.17, 15) is 19.2 Å². The van der Waals surface area contributed by atoms with Crippen LogP contribution in [0.25, 0.3) is 0 Å². The highest BCUT2D eigenvalue weighted by molar-refractivity contribution is 6.03. The number of likely N-dealkylation sites (tertiary alicyclic amines) is 1. The summed E-state index contributed by atoms with van der Waals surface area (Å²) in [5.74, 6) is 0.396. The van der Waals surface area contributed by atoms with Gasteiger partial charge >= 0.3 is 0 Å². The van der Waals surface area contributed by atoms with Crippen molar-refractivity contribution in [3.63, 3.8) is 0 Å². The number of nitrogens with zero attached hydrogens (tertiary/aromatic N) is 4. The average Bonchev–Trinajstić information content (AvgIpc) is 3.22. The fourth-order valence-corrected chi connectivity index (χ4v) is 9.92. The number of carbonyl (C=O) groups is 4. The highest BCUT2D eigenvalue weighted by Crippen LogP contribution is 2.48. The van der Waals surface area contributed by atoms with Crippen LogP contribution in [-0.2, 0) is 25.5 Å². The fraction of sp³-hybridized carbons (Fsp3) is 0.614. The van der Waals surface area contributed by atoms with Gasteiger partial charge in [-0.3, -0.25) is 24.1 Å².